The van der Waals surface area contributed by atoms with Gasteiger partial charge in [0.1, 0.15) is 7.85 Å². The molecule has 1 amide bonds. The molecule has 6 heteroatoms. The van der Waals surface area contributed by atoms with E-state index < -0.39 is 5.91 Å². The van der Waals surface area contributed by atoms with Crippen molar-refractivity contribution >= 4 is 30.1 Å². The molecule has 5 nitrogen and oxygen atoms in total. The molecule has 0 unspecified atom stereocenters. The van der Waals surface area contributed by atoms with Crippen LogP contribution in [0.2, 0.25) is 0 Å². The van der Waals surface area contributed by atoms with Crippen molar-refractivity contribution in [3.63, 3.8) is 0 Å². The Hall–Kier alpha value is -2.89. The molecule has 0 spiro atoms. The fraction of sp³-hybridized carbons (Fsp3) is 0.167. The van der Waals surface area contributed by atoms with E-state index in [1.54, 1.807) is 4.57 Å². The van der Waals surface area contributed by atoms with Crippen LogP contribution in [0, 0.1) is 11.8 Å². The Morgan fingerprint density at radius 1 is 1.21 bits per heavy atom. The van der Waals surface area contributed by atoms with Crippen LogP contribution in [0.5, 0.6) is 5.75 Å². The number of aromatic nitrogens is 1. The second-order valence-electron chi connectivity index (χ2n) is 5.87. The zero-order valence-electron chi connectivity index (χ0n) is 13.9. The van der Waals surface area contributed by atoms with Gasteiger partial charge in [0.05, 0.1) is 12.6 Å². The summed E-state index contributed by atoms with van der Waals surface area (Å²) in [6, 6.07) is 13.9. The third-order valence-electron chi connectivity index (χ3n) is 4.12. The summed E-state index contributed by atoms with van der Waals surface area (Å²) in [4.78, 5) is 23.0. The summed E-state index contributed by atoms with van der Waals surface area (Å²) in [5.41, 5.74) is 4.26. The van der Waals surface area contributed by atoms with Crippen molar-refractivity contribution in [2.75, 3.05) is 7.11 Å². The van der Waals surface area contributed by atoms with Gasteiger partial charge in [-0.25, -0.2) is 0 Å². The van der Waals surface area contributed by atoms with Gasteiger partial charge in [-0.3, -0.25) is 4.79 Å². The Labute approximate surface area is 140 Å². The second kappa shape index (κ2) is 6.32. The van der Waals surface area contributed by atoms with Crippen LogP contribution in [0.4, 0.5) is 0 Å². The Kier molecular flexibility index (Phi) is 4.21. The summed E-state index contributed by atoms with van der Waals surface area (Å²) in [6.45, 7) is 2.43. The van der Waals surface area contributed by atoms with Gasteiger partial charge in [0.2, 0.25) is 0 Å². The van der Waals surface area contributed by atoms with E-state index in [0.29, 0.717) is 12.3 Å². The van der Waals surface area contributed by atoms with Crippen LogP contribution >= 0.6 is 0 Å². The number of amides is 1. The van der Waals surface area contributed by atoms with E-state index in [1.165, 1.54) is 7.11 Å². The third kappa shape index (κ3) is 2.71. The minimum Gasteiger partial charge on any atom is -0.494 e. The minimum atomic E-state index is -0.826. The van der Waals surface area contributed by atoms with Crippen molar-refractivity contribution in [2.45, 2.75) is 13.5 Å². The highest BCUT2D eigenvalue weighted by Crippen LogP contribution is 2.35. The van der Waals surface area contributed by atoms with Gasteiger partial charge in [-0.15, -0.1) is 4.91 Å². The monoisotopic (exact) mass is 320 g/mol. The standard InChI is InChI=1S/C18H17BN2O3/c1-11-3-8-15-14(9-11)17(24-2)16(18(22)20-23)21(15)10-12-4-6-13(19)7-5-12/h3-9H,10,19H2,1-2H3. The molecule has 0 saturated heterocycles. The lowest BCUT2D eigenvalue weighted by Gasteiger charge is -2.09. The maximum absolute atomic E-state index is 12.1. The van der Waals surface area contributed by atoms with E-state index in [9.17, 15) is 9.70 Å². The summed E-state index contributed by atoms with van der Waals surface area (Å²) in [5.74, 6) is -0.432. The molecule has 1 heterocycles. The minimum absolute atomic E-state index is 0.189. The molecule has 0 N–H and O–H groups in total. The second-order valence-corrected chi connectivity index (χ2v) is 5.87. The zero-order chi connectivity index (χ0) is 17.3. The number of carbonyl (C=O) groups is 1. The number of ether oxygens (including phenoxy) is 1. The zero-order valence-corrected chi connectivity index (χ0v) is 13.9. The maximum Gasteiger partial charge on any atom is 0.336 e. The first-order valence-electron chi connectivity index (χ1n) is 7.65. The Bertz CT molecular complexity index is 930. The molecule has 0 aliphatic heterocycles. The van der Waals surface area contributed by atoms with Crippen molar-refractivity contribution < 1.29 is 9.53 Å². The number of fused-ring (bicyclic) bond motifs is 1. The van der Waals surface area contributed by atoms with Crippen molar-refractivity contribution in [1.29, 1.82) is 0 Å². The van der Waals surface area contributed by atoms with Crippen LogP contribution in [0.3, 0.4) is 0 Å². The molecular weight excluding hydrogens is 303 g/mol. The first kappa shape index (κ1) is 16.0. The van der Waals surface area contributed by atoms with Gasteiger partial charge in [-0.1, -0.05) is 41.4 Å². The number of methoxy groups -OCH3 is 1. The van der Waals surface area contributed by atoms with Gasteiger partial charge >= 0.3 is 5.91 Å². The quantitative estimate of drug-likeness (QED) is 0.547. The van der Waals surface area contributed by atoms with Crippen molar-refractivity contribution in [1.82, 2.24) is 4.57 Å². The van der Waals surface area contributed by atoms with Gasteiger partial charge < -0.3 is 9.30 Å². The van der Waals surface area contributed by atoms with Crippen LogP contribution in [0.25, 0.3) is 10.9 Å². The van der Waals surface area contributed by atoms with Crippen LogP contribution < -0.4 is 10.2 Å². The van der Waals surface area contributed by atoms with Crippen LogP contribution in [-0.2, 0) is 6.54 Å². The predicted molar refractivity (Wildman–Crippen MR) is 97.1 cm³/mol. The van der Waals surface area contributed by atoms with E-state index in [2.05, 4.69) is 5.18 Å². The summed E-state index contributed by atoms with van der Waals surface area (Å²) in [5, 5.41) is 3.41. The number of rotatable bonds is 4. The highest BCUT2D eigenvalue weighted by molar-refractivity contribution is 6.32. The number of nitrogens with zero attached hydrogens (tertiary/aromatic N) is 2. The van der Waals surface area contributed by atoms with Gasteiger partial charge in [-0.05, 0) is 24.6 Å². The molecule has 0 saturated carbocycles. The van der Waals surface area contributed by atoms with Crippen LogP contribution in [-0.4, -0.2) is 25.4 Å². The molecule has 3 aromatic rings. The summed E-state index contributed by atoms with van der Waals surface area (Å²) < 4.78 is 7.23. The first-order valence-corrected chi connectivity index (χ1v) is 7.65. The molecule has 1 aromatic heterocycles. The Morgan fingerprint density at radius 3 is 2.54 bits per heavy atom. The molecule has 24 heavy (non-hydrogen) atoms. The van der Waals surface area contributed by atoms with Crippen molar-refractivity contribution in [2.24, 2.45) is 5.18 Å². The molecule has 3 rings (SSSR count). The predicted octanol–water partition coefficient (Wildman–Crippen LogP) is 2.17. The fourth-order valence-corrected chi connectivity index (χ4v) is 2.94. The highest BCUT2D eigenvalue weighted by Gasteiger charge is 2.24. The number of hydrogen-bond acceptors (Lipinski definition) is 3. The van der Waals surface area contributed by atoms with Crippen molar-refractivity contribution in [3.8, 4) is 5.75 Å². The molecule has 120 valence electrons. The van der Waals surface area contributed by atoms with Gasteiger partial charge in [0.25, 0.3) is 0 Å². The normalized spacial score (nSPS) is 10.8. The lowest BCUT2D eigenvalue weighted by Crippen LogP contribution is -2.10. The molecule has 2 aromatic carbocycles. The molecule has 0 atom stereocenters. The SMILES string of the molecule is Bc1ccc(Cn2c(C(=O)N=O)c(OC)c3cc(C)ccc32)cc1. The van der Waals surface area contributed by atoms with Crippen molar-refractivity contribution in [3.05, 3.63) is 64.2 Å². The number of aryl methyl sites for hydroxylation is 1. The van der Waals surface area contributed by atoms with Gasteiger partial charge in [0.15, 0.2) is 11.4 Å². The number of nitroso groups, excluding NO2 is 1. The molecule has 0 radical (unpaired) electrons. The number of hydrogen-bond donors (Lipinski definition) is 0. The summed E-state index contributed by atoms with van der Waals surface area (Å²) in [6.07, 6.45) is 0. The summed E-state index contributed by atoms with van der Waals surface area (Å²) in [7, 11) is 3.51. The van der Waals surface area contributed by atoms with E-state index in [0.717, 1.165) is 27.5 Å². The maximum atomic E-state index is 12.1. The molecule has 0 fully saturated rings. The van der Waals surface area contributed by atoms with Gasteiger partial charge in [0, 0.05) is 17.1 Å². The van der Waals surface area contributed by atoms with E-state index in [-0.39, 0.29) is 5.69 Å². The summed E-state index contributed by atoms with van der Waals surface area (Å²) >= 11 is 0. The first-order chi connectivity index (χ1) is 11.5. The number of carbonyl (C=O) groups excluding carboxylic acids is 1. The molecule has 0 aliphatic rings. The molecular formula is C18H17BN2O3. The average molecular weight is 320 g/mol. The smallest absolute Gasteiger partial charge is 0.336 e. The topological polar surface area (TPSA) is 60.7 Å². The Morgan fingerprint density at radius 2 is 1.92 bits per heavy atom. The van der Waals surface area contributed by atoms with E-state index >= 15 is 0 Å². The highest BCUT2D eigenvalue weighted by atomic mass is 16.5. The molecule has 0 aliphatic carbocycles. The van der Waals surface area contributed by atoms with Crippen LogP contribution in [0.15, 0.2) is 47.6 Å². The fourth-order valence-electron chi connectivity index (χ4n) is 2.94. The Balaban J connectivity index is 2.25. The number of benzene rings is 2. The molecule has 0 bridgehead atoms. The largest absolute Gasteiger partial charge is 0.494 e. The lowest BCUT2D eigenvalue weighted by molar-refractivity contribution is 0.0989. The van der Waals surface area contributed by atoms with E-state index in [4.69, 9.17) is 4.74 Å². The van der Waals surface area contributed by atoms with Crippen LogP contribution in [0.1, 0.15) is 21.6 Å². The average Bonchev–Trinajstić information content (AvgIpc) is 2.88. The van der Waals surface area contributed by atoms with Gasteiger partial charge in [-0.2, -0.15) is 0 Å². The third-order valence-corrected chi connectivity index (χ3v) is 4.12. The lowest BCUT2D eigenvalue weighted by atomic mass is 9.95. The van der Waals surface area contributed by atoms with E-state index in [1.807, 2.05) is 57.2 Å².